The van der Waals surface area contributed by atoms with Gasteiger partial charge in [0.05, 0.1) is 5.69 Å². The highest BCUT2D eigenvalue weighted by molar-refractivity contribution is 5.96. The van der Waals surface area contributed by atoms with Crippen LogP contribution in [0.4, 0.5) is 0 Å². The highest BCUT2D eigenvalue weighted by Gasteiger charge is 2.29. The highest BCUT2D eigenvalue weighted by Crippen LogP contribution is 2.31. The Morgan fingerprint density at radius 1 is 0.938 bits per heavy atom. The van der Waals surface area contributed by atoms with Gasteiger partial charge in [-0.3, -0.25) is 20.4 Å². The van der Waals surface area contributed by atoms with E-state index >= 15 is 0 Å². The van der Waals surface area contributed by atoms with E-state index in [0.29, 0.717) is 17.2 Å². The van der Waals surface area contributed by atoms with Crippen LogP contribution in [-0.4, -0.2) is 34.1 Å². The summed E-state index contributed by atoms with van der Waals surface area (Å²) in [6.45, 7) is 0.885. The van der Waals surface area contributed by atoms with Gasteiger partial charge >= 0.3 is 0 Å². The molecule has 3 heterocycles. The van der Waals surface area contributed by atoms with Gasteiger partial charge in [0.1, 0.15) is 12.4 Å². The summed E-state index contributed by atoms with van der Waals surface area (Å²) in [5, 5.41) is 0. The van der Waals surface area contributed by atoms with Gasteiger partial charge < -0.3 is 14.0 Å². The monoisotopic (exact) mass is 432 g/mol. The predicted molar refractivity (Wildman–Crippen MR) is 117 cm³/mol. The first-order valence-electron chi connectivity index (χ1n) is 10.8. The van der Waals surface area contributed by atoms with E-state index in [9.17, 15) is 9.59 Å². The van der Waals surface area contributed by atoms with Crippen LogP contribution < -0.4 is 20.3 Å². The van der Waals surface area contributed by atoms with Crippen molar-refractivity contribution in [1.29, 1.82) is 0 Å². The molecule has 2 amide bonds. The molecule has 2 aliphatic rings. The number of carbonyl (C=O) groups is 2. The summed E-state index contributed by atoms with van der Waals surface area (Å²) in [5.74, 6) is 0.941. The van der Waals surface area contributed by atoms with Gasteiger partial charge in [-0.1, -0.05) is 48.9 Å². The Morgan fingerprint density at radius 3 is 2.56 bits per heavy atom. The second kappa shape index (κ2) is 8.74. The van der Waals surface area contributed by atoms with Crippen LogP contribution in [-0.2, 0) is 17.8 Å². The molecule has 0 bridgehead atoms. The van der Waals surface area contributed by atoms with Gasteiger partial charge in [-0.05, 0) is 31.4 Å². The number of ether oxygens (including phenoxy) is 2. The van der Waals surface area contributed by atoms with Gasteiger partial charge in [0, 0.05) is 12.1 Å². The van der Waals surface area contributed by atoms with Crippen LogP contribution in [0.1, 0.15) is 35.4 Å². The first-order valence-corrected chi connectivity index (χ1v) is 10.8. The smallest absolute Gasteiger partial charge is 0.290 e. The number of amides is 2. The van der Waals surface area contributed by atoms with Crippen LogP contribution >= 0.6 is 0 Å². The number of benzene rings is 2. The number of carbonyl (C=O) groups excluding carboxylic acids is 2. The molecule has 2 N–H and O–H groups in total. The molecular weight excluding hydrogens is 408 g/mol. The first kappa shape index (κ1) is 20.1. The largest absolute Gasteiger partial charge is 0.485 e. The SMILES string of the molecule is O=C(NNC(=O)C1COc2ccccc2O1)c1nc(-c2ccccc2)n2c1CCCCC2. The zero-order valence-corrected chi connectivity index (χ0v) is 17.5. The number of hydrazine groups is 1. The third-order valence-corrected chi connectivity index (χ3v) is 5.72. The van der Waals surface area contributed by atoms with E-state index in [4.69, 9.17) is 9.47 Å². The molecule has 0 spiro atoms. The lowest BCUT2D eigenvalue weighted by Crippen LogP contribution is -2.51. The van der Waals surface area contributed by atoms with Crippen LogP contribution in [0, 0.1) is 0 Å². The normalized spacial score (nSPS) is 17.1. The quantitative estimate of drug-likeness (QED) is 0.621. The molecule has 1 atom stereocenters. The number of rotatable bonds is 3. The molecule has 8 nitrogen and oxygen atoms in total. The van der Waals surface area contributed by atoms with Crippen molar-refractivity contribution in [2.45, 2.75) is 38.3 Å². The fourth-order valence-corrected chi connectivity index (χ4v) is 4.12. The molecular formula is C24H24N4O4. The standard InChI is InChI=1S/C24H24N4O4/c29-23(20-15-31-18-12-6-7-13-19(18)32-20)26-27-24(30)21-17-11-5-2-8-14-28(17)22(25-21)16-9-3-1-4-10-16/h1,3-4,6-7,9-10,12-13,20H,2,5,8,11,14-15H2,(H,26,29)(H,27,30). The Hall–Kier alpha value is -3.81. The second-order valence-electron chi connectivity index (χ2n) is 7.87. The summed E-state index contributed by atoms with van der Waals surface area (Å²) in [6, 6.07) is 17.0. The number of hydrogen-bond donors (Lipinski definition) is 2. The summed E-state index contributed by atoms with van der Waals surface area (Å²) in [7, 11) is 0. The third kappa shape index (κ3) is 3.91. The summed E-state index contributed by atoms with van der Waals surface area (Å²) in [6.07, 6.45) is 3.06. The molecule has 0 fully saturated rings. The van der Waals surface area contributed by atoms with Gasteiger partial charge in [-0.25, -0.2) is 4.98 Å². The number of nitrogens with one attached hydrogen (secondary N) is 2. The minimum absolute atomic E-state index is 0.0662. The molecule has 0 saturated carbocycles. The maximum absolute atomic E-state index is 13.0. The zero-order valence-electron chi connectivity index (χ0n) is 17.5. The maximum atomic E-state index is 13.0. The molecule has 3 aromatic rings. The topological polar surface area (TPSA) is 94.5 Å². The Labute approximate surface area is 185 Å². The minimum Gasteiger partial charge on any atom is -0.485 e. The molecule has 8 heteroatoms. The molecule has 32 heavy (non-hydrogen) atoms. The Balaban J connectivity index is 1.31. The van der Waals surface area contributed by atoms with E-state index in [1.165, 1.54) is 0 Å². The van der Waals surface area contributed by atoms with Crippen LogP contribution in [0.2, 0.25) is 0 Å². The number of fused-ring (bicyclic) bond motifs is 2. The fraction of sp³-hybridized carbons (Fsp3) is 0.292. The maximum Gasteiger partial charge on any atom is 0.290 e. The first-order chi connectivity index (χ1) is 15.7. The number of para-hydroxylation sites is 2. The van der Waals surface area contributed by atoms with Gasteiger partial charge in [0.25, 0.3) is 11.8 Å². The zero-order chi connectivity index (χ0) is 21.9. The number of imidazole rings is 1. The molecule has 0 aliphatic carbocycles. The number of nitrogens with zero attached hydrogens (tertiary/aromatic N) is 2. The average molecular weight is 432 g/mol. The van der Waals surface area contributed by atoms with Crippen molar-refractivity contribution in [3.05, 3.63) is 66.0 Å². The molecule has 0 radical (unpaired) electrons. The van der Waals surface area contributed by atoms with Crippen molar-refractivity contribution in [1.82, 2.24) is 20.4 Å². The molecule has 1 aromatic heterocycles. The van der Waals surface area contributed by atoms with Crippen molar-refractivity contribution in [2.75, 3.05) is 6.61 Å². The molecule has 164 valence electrons. The van der Waals surface area contributed by atoms with E-state index in [2.05, 4.69) is 20.4 Å². The summed E-state index contributed by atoms with van der Waals surface area (Å²) < 4.78 is 13.4. The van der Waals surface area contributed by atoms with Crippen molar-refractivity contribution in [3.63, 3.8) is 0 Å². The van der Waals surface area contributed by atoms with Crippen molar-refractivity contribution < 1.29 is 19.1 Å². The van der Waals surface area contributed by atoms with Crippen molar-refractivity contribution >= 4 is 11.8 Å². The van der Waals surface area contributed by atoms with Crippen molar-refractivity contribution in [2.24, 2.45) is 0 Å². The molecule has 1 unspecified atom stereocenters. The van der Waals surface area contributed by atoms with Crippen molar-refractivity contribution in [3.8, 4) is 22.9 Å². The van der Waals surface area contributed by atoms with E-state index in [-0.39, 0.29) is 6.61 Å². The van der Waals surface area contributed by atoms with Gasteiger partial charge in [-0.2, -0.15) is 0 Å². The third-order valence-electron chi connectivity index (χ3n) is 5.72. The van der Waals surface area contributed by atoms with E-state index < -0.39 is 17.9 Å². The highest BCUT2D eigenvalue weighted by atomic mass is 16.6. The van der Waals surface area contributed by atoms with Crippen LogP contribution in [0.3, 0.4) is 0 Å². The Bertz CT molecular complexity index is 1140. The second-order valence-corrected chi connectivity index (χ2v) is 7.87. The van der Waals surface area contributed by atoms with Crippen LogP contribution in [0.25, 0.3) is 11.4 Å². The number of hydrogen-bond acceptors (Lipinski definition) is 5. The lowest BCUT2D eigenvalue weighted by molar-refractivity contribution is -0.131. The van der Waals surface area contributed by atoms with E-state index in [0.717, 1.165) is 49.3 Å². The summed E-state index contributed by atoms with van der Waals surface area (Å²) >= 11 is 0. The summed E-state index contributed by atoms with van der Waals surface area (Å²) in [5.41, 5.74) is 7.18. The minimum atomic E-state index is -0.857. The molecule has 5 rings (SSSR count). The average Bonchev–Trinajstić information content (AvgIpc) is 3.03. The van der Waals surface area contributed by atoms with E-state index in [1.54, 1.807) is 18.2 Å². The lowest BCUT2D eigenvalue weighted by atomic mass is 10.1. The number of aromatic nitrogens is 2. The van der Waals surface area contributed by atoms with Crippen LogP contribution in [0.15, 0.2) is 54.6 Å². The molecule has 2 aliphatic heterocycles. The van der Waals surface area contributed by atoms with E-state index in [1.807, 2.05) is 36.4 Å². The predicted octanol–water partition coefficient (Wildman–Crippen LogP) is 2.88. The Morgan fingerprint density at radius 2 is 1.72 bits per heavy atom. The van der Waals surface area contributed by atoms with Crippen LogP contribution in [0.5, 0.6) is 11.5 Å². The molecule has 2 aromatic carbocycles. The van der Waals surface area contributed by atoms with Gasteiger partial charge in [0.15, 0.2) is 17.2 Å². The fourth-order valence-electron chi connectivity index (χ4n) is 4.12. The van der Waals surface area contributed by atoms with Gasteiger partial charge in [0.2, 0.25) is 6.10 Å². The van der Waals surface area contributed by atoms with Gasteiger partial charge in [-0.15, -0.1) is 0 Å². The molecule has 0 saturated heterocycles. The summed E-state index contributed by atoms with van der Waals surface area (Å²) in [4.78, 5) is 30.2. The Kier molecular flexibility index (Phi) is 5.49. The lowest BCUT2D eigenvalue weighted by Gasteiger charge is -2.25.